The van der Waals surface area contributed by atoms with E-state index in [2.05, 4.69) is 41.7 Å². The standard InChI is InChI=1S/C15H23N3/c1-4-5-6-13(16)9-12-7-8-15-14(10-12)17-11(2)18(15)3/h7-8,10,13H,4-6,9,16H2,1-3H3. The van der Waals surface area contributed by atoms with E-state index in [9.17, 15) is 0 Å². The number of hydrogen-bond acceptors (Lipinski definition) is 2. The van der Waals surface area contributed by atoms with Gasteiger partial charge in [0.25, 0.3) is 0 Å². The van der Waals surface area contributed by atoms with E-state index < -0.39 is 0 Å². The van der Waals surface area contributed by atoms with E-state index in [1.165, 1.54) is 23.9 Å². The van der Waals surface area contributed by atoms with E-state index in [-0.39, 0.29) is 6.04 Å². The van der Waals surface area contributed by atoms with Crippen LogP contribution in [-0.2, 0) is 13.5 Å². The van der Waals surface area contributed by atoms with E-state index in [0.29, 0.717) is 0 Å². The van der Waals surface area contributed by atoms with Gasteiger partial charge in [-0.15, -0.1) is 0 Å². The normalized spacial score (nSPS) is 13.1. The van der Waals surface area contributed by atoms with Gasteiger partial charge < -0.3 is 10.3 Å². The number of fused-ring (bicyclic) bond motifs is 1. The van der Waals surface area contributed by atoms with Crippen LogP contribution in [0.3, 0.4) is 0 Å². The van der Waals surface area contributed by atoms with Crippen molar-refractivity contribution in [2.24, 2.45) is 12.8 Å². The van der Waals surface area contributed by atoms with Crippen molar-refractivity contribution in [3.63, 3.8) is 0 Å². The summed E-state index contributed by atoms with van der Waals surface area (Å²) in [5.74, 6) is 1.05. The molecule has 1 aromatic carbocycles. The van der Waals surface area contributed by atoms with Gasteiger partial charge in [0.1, 0.15) is 5.82 Å². The first-order valence-electron chi connectivity index (χ1n) is 6.79. The van der Waals surface area contributed by atoms with Gasteiger partial charge in [0.05, 0.1) is 11.0 Å². The van der Waals surface area contributed by atoms with Crippen LogP contribution < -0.4 is 5.73 Å². The van der Waals surface area contributed by atoms with Gasteiger partial charge in [-0.25, -0.2) is 4.98 Å². The molecule has 0 fully saturated rings. The lowest BCUT2D eigenvalue weighted by molar-refractivity contribution is 0.574. The van der Waals surface area contributed by atoms with Gasteiger partial charge in [0, 0.05) is 13.1 Å². The van der Waals surface area contributed by atoms with Crippen LogP contribution in [-0.4, -0.2) is 15.6 Å². The fourth-order valence-electron chi connectivity index (χ4n) is 2.36. The zero-order chi connectivity index (χ0) is 13.1. The van der Waals surface area contributed by atoms with Gasteiger partial charge >= 0.3 is 0 Å². The molecular formula is C15H23N3. The van der Waals surface area contributed by atoms with Crippen LogP contribution >= 0.6 is 0 Å². The molecule has 1 heterocycles. The quantitative estimate of drug-likeness (QED) is 0.880. The first-order valence-corrected chi connectivity index (χ1v) is 6.79. The van der Waals surface area contributed by atoms with Crippen molar-refractivity contribution >= 4 is 11.0 Å². The largest absolute Gasteiger partial charge is 0.331 e. The Balaban J connectivity index is 2.15. The van der Waals surface area contributed by atoms with Crippen molar-refractivity contribution < 1.29 is 0 Å². The number of aryl methyl sites for hydroxylation is 2. The minimum absolute atomic E-state index is 0.271. The van der Waals surface area contributed by atoms with Crippen molar-refractivity contribution in [3.05, 3.63) is 29.6 Å². The monoisotopic (exact) mass is 245 g/mol. The van der Waals surface area contributed by atoms with Crippen molar-refractivity contribution in [1.82, 2.24) is 9.55 Å². The van der Waals surface area contributed by atoms with Gasteiger partial charge in [-0.1, -0.05) is 25.8 Å². The number of unbranched alkanes of at least 4 members (excludes halogenated alkanes) is 1. The third-order valence-corrected chi connectivity index (χ3v) is 3.60. The third-order valence-electron chi connectivity index (χ3n) is 3.60. The van der Waals surface area contributed by atoms with Crippen molar-refractivity contribution in [2.45, 2.75) is 45.6 Å². The van der Waals surface area contributed by atoms with Crippen LogP contribution in [0.25, 0.3) is 11.0 Å². The van der Waals surface area contributed by atoms with Crippen LogP contribution in [0.1, 0.15) is 37.6 Å². The number of imidazole rings is 1. The van der Waals surface area contributed by atoms with Crippen molar-refractivity contribution in [3.8, 4) is 0 Å². The maximum Gasteiger partial charge on any atom is 0.106 e. The number of hydrogen-bond donors (Lipinski definition) is 1. The predicted octanol–water partition coefficient (Wildman–Crippen LogP) is 2.94. The Morgan fingerprint density at radius 2 is 2.17 bits per heavy atom. The Morgan fingerprint density at radius 1 is 1.39 bits per heavy atom. The van der Waals surface area contributed by atoms with Gasteiger partial charge in [-0.2, -0.15) is 0 Å². The fraction of sp³-hybridized carbons (Fsp3) is 0.533. The molecule has 0 aliphatic heterocycles. The lowest BCUT2D eigenvalue weighted by atomic mass is 10.0. The second-order valence-electron chi connectivity index (χ2n) is 5.15. The highest BCUT2D eigenvalue weighted by Gasteiger charge is 2.07. The molecular weight excluding hydrogens is 222 g/mol. The van der Waals surface area contributed by atoms with E-state index in [1.807, 2.05) is 6.92 Å². The zero-order valence-electron chi connectivity index (χ0n) is 11.6. The molecule has 0 radical (unpaired) electrons. The average molecular weight is 245 g/mol. The van der Waals surface area contributed by atoms with Crippen LogP contribution in [0.4, 0.5) is 0 Å². The molecule has 1 unspecified atom stereocenters. The summed E-state index contributed by atoms with van der Waals surface area (Å²) < 4.78 is 2.12. The lowest BCUT2D eigenvalue weighted by Crippen LogP contribution is -2.22. The molecule has 2 rings (SSSR count). The first kappa shape index (κ1) is 13.1. The molecule has 1 atom stereocenters. The third kappa shape index (κ3) is 2.72. The van der Waals surface area contributed by atoms with E-state index in [0.717, 1.165) is 24.2 Å². The zero-order valence-corrected chi connectivity index (χ0v) is 11.6. The van der Waals surface area contributed by atoms with Crippen molar-refractivity contribution in [2.75, 3.05) is 0 Å². The minimum Gasteiger partial charge on any atom is -0.331 e. The molecule has 1 aromatic heterocycles. The summed E-state index contributed by atoms with van der Waals surface area (Å²) in [6, 6.07) is 6.77. The average Bonchev–Trinajstić information content (AvgIpc) is 2.62. The Hall–Kier alpha value is -1.35. The summed E-state index contributed by atoms with van der Waals surface area (Å²) in [5.41, 5.74) is 9.71. The summed E-state index contributed by atoms with van der Waals surface area (Å²) in [4.78, 5) is 4.56. The second-order valence-corrected chi connectivity index (χ2v) is 5.15. The second kappa shape index (κ2) is 5.53. The summed E-state index contributed by atoms with van der Waals surface area (Å²) in [6.07, 6.45) is 4.49. The molecule has 0 aliphatic carbocycles. The van der Waals surface area contributed by atoms with Gasteiger partial charge in [-0.3, -0.25) is 0 Å². The van der Waals surface area contributed by atoms with Gasteiger partial charge in [0.15, 0.2) is 0 Å². The van der Waals surface area contributed by atoms with Crippen LogP contribution in [0, 0.1) is 6.92 Å². The lowest BCUT2D eigenvalue weighted by Gasteiger charge is -2.10. The maximum atomic E-state index is 6.15. The Labute approximate surface area is 109 Å². The molecule has 0 saturated carbocycles. The van der Waals surface area contributed by atoms with Crippen LogP contribution in [0.2, 0.25) is 0 Å². The van der Waals surface area contributed by atoms with Crippen LogP contribution in [0.15, 0.2) is 18.2 Å². The van der Waals surface area contributed by atoms with E-state index in [1.54, 1.807) is 0 Å². The number of benzene rings is 1. The summed E-state index contributed by atoms with van der Waals surface area (Å²) in [5, 5.41) is 0. The van der Waals surface area contributed by atoms with Gasteiger partial charge in [-0.05, 0) is 37.5 Å². The first-order chi connectivity index (χ1) is 8.61. The van der Waals surface area contributed by atoms with E-state index >= 15 is 0 Å². The number of aromatic nitrogens is 2. The molecule has 0 spiro atoms. The predicted molar refractivity (Wildman–Crippen MR) is 76.7 cm³/mol. The number of nitrogens with two attached hydrogens (primary N) is 1. The highest BCUT2D eigenvalue weighted by Crippen LogP contribution is 2.17. The molecule has 3 nitrogen and oxygen atoms in total. The number of nitrogens with zero attached hydrogens (tertiary/aromatic N) is 2. The molecule has 2 aromatic rings. The minimum atomic E-state index is 0.271. The Kier molecular flexibility index (Phi) is 4.02. The molecule has 0 aliphatic rings. The number of rotatable bonds is 5. The summed E-state index contributed by atoms with van der Waals surface area (Å²) >= 11 is 0. The highest BCUT2D eigenvalue weighted by atomic mass is 15.0. The molecule has 0 saturated heterocycles. The molecule has 98 valence electrons. The van der Waals surface area contributed by atoms with E-state index in [4.69, 9.17) is 5.73 Å². The molecule has 3 heteroatoms. The Morgan fingerprint density at radius 3 is 2.89 bits per heavy atom. The highest BCUT2D eigenvalue weighted by molar-refractivity contribution is 5.76. The molecule has 0 amide bonds. The Bertz CT molecular complexity index is 528. The summed E-state index contributed by atoms with van der Waals surface area (Å²) in [7, 11) is 2.05. The molecule has 2 N–H and O–H groups in total. The topological polar surface area (TPSA) is 43.8 Å². The van der Waals surface area contributed by atoms with Crippen molar-refractivity contribution in [1.29, 1.82) is 0 Å². The smallest absolute Gasteiger partial charge is 0.106 e. The van der Waals surface area contributed by atoms with Crippen LogP contribution in [0.5, 0.6) is 0 Å². The SMILES string of the molecule is CCCCC(N)Cc1ccc2c(c1)nc(C)n2C. The summed E-state index contributed by atoms with van der Waals surface area (Å²) in [6.45, 7) is 4.24. The maximum absolute atomic E-state index is 6.15. The molecule has 18 heavy (non-hydrogen) atoms. The van der Waals surface area contributed by atoms with Gasteiger partial charge in [0.2, 0.25) is 0 Å². The molecule has 0 bridgehead atoms. The fourth-order valence-corrected chi connectivity index (χ4v) is 2.36.